The van der Waals surface area contributed by atoms with Crippen molar-refractivity contribution in [1.29, 1.82) is 0 Å². The van der Waals surface area contributed by atoms with Crippen LogP contribution >= 0.6 is 15.9 Å². The number of halogens is 1. The zero-order valence-corrected chi connectivity index (χ0v) is 19.0. The number of benzene rings is 2. The van der Waals surface area contributed by atoms with Gasteiger partial charge in [-0.2, -0.15) is 0 Å². The Morgan fingerprint density at radius 2 is 1.90 bits per heavy atom. The van der Waals surface area contributed by atoms with E-state index in [4.69, 9.17) is 23.7 Å². The number of carbonyl (C=O) groups excluding carboxylic acids is 2. The number of rotatable bonds is 9. The Bertz CT molecular complexity index is 948. The second-order valence-corrected chi connectivity index (χ2v) is 7.43. The highest BCUT2D eigenvalue weighted by Gasteiger charge is 2.17. The molecule has 1 amide bonds. The van der Waals surface area contributed by atoms with Crippen LogP contribution < -0.4 is 24.3 Å². The largest absolute Gasteiger partial charge is 0.493 e. The molecule has 1 aliphatic heterocycles. The van der Waals surface area contributed by atoms with E-state index in [2.05, 4.69) is 21.2 Å². The zero-order chi connectivity index (χ0) is 22.2. The van der Waals surface area contributed by atoms with Crippen molar-refractivity contribution in [3.8, 4) is 23.0 Å². The lowest BCUT2D eigenvalue weighted by molar-refractivity contribution is -0.124. The van der Waals surface area contributed by atoms with Crippen molar-refractivity contribution in [3.05, 3.63) is 45.9 Å². The predicted molar refractivity (Wildman–Crippen MR) is 116 cm³/mol. The summed E-state index contributed by atoms with van der Waals surface area (Å²) in [7, 11) is 1.48. The highest BCUT2D eigenvalue weighted by Crippen LogP contribution is 2.36. The molecule has 0 aliphatic carbocycles. The van der Waals surface area contributed by atoms with Crippen molar-refractivity contribution in [2.75, 3.05) is 40.1 Å². The first-order chi connectivity index (χ1) is 15.0. The van der Waals surface area contributed by atoms with Gasteiger partial charge in [0.2, 0.25) is 0 Å². The third kappa shape index (κ3) is 6.04. The lowest BCUT2D eigenvalue weighted by atomic mass is 10.1. The molecule has 31 heavy (non-hydrogen) atoms. The average molecular weight is 494 g/mol. The van der Waals surface area contributed by atoms with Crippen LogP contribution in [-0.4, -0.2) is 52.0 Å². The number of hydrogen-bond donors (Lipinski definition) is 1. The third-order valence-corrected chi connectivity index (χ3v) is 5.02. The SMILES string of the molecule is CCOc1c(Br)cc(C(=O)OCC(=O)NCCc2ccc3c(c2)OCCO3)cc1OC. The minimum Gasteiger partial charge on any atom is -0.493 e. The van der Waals surface area contributed by atoms with E-state index in [1.54, 1.807) is 6.07 Å². The molecule has 2 aromatic carbocycles. The van der Waals surface area contributed by atoms with Gasteiger partial charge in [-0.05, 0) is 59.1 Å². The van der Waals surface area contributed by atoms with E-state index in [-0.39, 0.29) is 18.1 Å². The maximum absolute atomic E-state index is 12.3. The van der Waals surface area contributed by atoms with Crippen molar-refractivity contribution < 1.29 is 33.3 Å². The van der Waals surface area contributed by atoms with Crippen molar-refractivity contribution in [2.45, 2.75) is 13.3 Å². The molecule has 0 radical (unpaired) electrons. The molecular weight excluding hydrogens is 470 g/mol. The number of amides is 1. The lowest BCUT2D eigenvalue weighted by Crippen LogP contribution is -2.30. The van der Waals surface area contributed by atoms with Gasteiger partial charge < -0.3 is 29.0 Å². The van der Waals surface area contributed by atoms with E-state index in [9.17, 15) is 9.59 Å². The van der Waals surface area contributed by atoms with E-state index in [0.29, 0.717) is 54.5 Å². The molecular formula is C22H24BrNO7. The fourth-order valence-corrected chi connectivity index (χ4v) is 3.53. The lowest BCUT2D eigenvalue weighted by Gasteiger charge is -2.18. The van der Waals surface area contributed by atoms with Crippen LogP contribution in [-0.2, 0) is 16.0 Å². The Morgan fingerprint density at radius 1 is 1.13 bits per heavy atom. The number of ether oxygens (including phenoxy) is 5. The Balaban J connectivity index is 1.47. The second kappa shape index (κ2) is 10.9. The fraction of sp³-hybridized carbons (Fsp3) is 0.364. The van der Waals surface area contributed by atoms with Crippen LogP contribution in [0.25, 0.3) is 0 Å². The van der Waals surface area contributed by atoms with Crippen LogP contribution in [0.1, 0.15) is 22.8 Å². The summed E-state index contributed by atoms with van der Waals surface area (Å²) in [5.74, 6) is 1.31. The maximum atomic E-state index is 12.3. The fourth-order valence-electron chi connectivity index (χ4n) is 2.98. The molecule has 0 saturated heterocycles. The van der Waals surface area contributed by atoms with Crippen LogP contribution in [0.2, 0.25) is 0 Å². The number of nitrogens with one attached hydrogen (secondary N) is 1. The molecule has 0 atom stereocenters. The normalized spacial score (nSPS) is 12.1. The Kier molecular flexibility index (Phi) is 8.00. The monoisotopic (exact) mass is 493 g/mol. The molecule has 1 N–H and O–H groups in total. The van der Waals surface area contributed by atoms with Gasteiger partial charge in [-0.3, -0.25) is 4.79 Å². The third-order valence-electron chi connectivity index (χ3n) is 4.43. The average Bonchev–Trinajstić information content (AvgIpc) is 2.78. The van der Waals surface area contributed by atoms with Crippen LogP contribution in [0.4, 0.5) is 0 Å². The van der Waals surface area contributed by atoms with Gasteiger partial charge >= 0.3 is 5.97 Å². The van der Waals surface area contributed by atoms with Gasteiger partial charge in [-0.1, -0.05) is 6.07 Å². The van der Waals surface area contributed by atoms with Gasteiger partial charge in [0.25, 0.3) is 5.91 Å². The van der Waals surface area contributed by atoms with Crippen LogP contribution in [0, 0.1) is 0 Å². The summed E-state index contributed by atoms with van der Waals surface area (Å²) < 4.78 is 27.5. The van der Waals surface area contributed by atoms with Crippen molar-refractivity contribution in [1.82, 2.24) is 5.32 Å². The van der Waals surface area contributed by atoms with Crippen molar-refractivity contribution in [2.24, 2.45) is 0 Å². The molecule has 0 unspecified atom stereocenters. The number of methoxy groups -OCH3 is 1. The standard InChI is InChI=1S/C22H24BrNO7/c1-3-28-21-16(23)11-15(12-19(21)27-2)22(26)31-13-20(25)24-7-6-14-4-5-17-18(10-14)30-9-8-29-17/h4-5,10-12H,3,6-9,13H2,1-2H3,(H,24,25). The molecule has 2 aromatic rings. The summed E-state index contributed by atoms with van der Waals surface area (Å²) in [5, 5.41) is 2.74. The summed E-state index contributed by atoms with van der Waals surface area (Å²) >= 11 is 3.36. The first-order valence-electron chi connectivity index (χ1n) is 9.84. The van der Waals surface area contributed by atoms with E-state index in [1.165, 1.54) is 13.2 Å². The van der Waals surface area contributed by atoms with Gasteiger partial charge in [0.15, 0.2) is 29.6 Å². The molecule has 0 saturated carbocycles. The van der Waals surface area contributed by atoms with Crippen LogP contribution in [0.3, 0.4) is 0 Å². The highest BCUT2D eigenvalue weighted by molar-refractivity contribution is 9.10. The molecule has 1 heterocycles. The van der Waals surface area contributed by atoms with E-state index in [1.807, 2.05) is 25.1 Å². The summed E-state index contributed by atoms with van der Waals surface area (Å²) in [5.41, 5.74) is 1.25. The zero-order valence-electron chi connectivity index (χ0n) is 17.4. The molecule has 9 heteroatoms. The minimum absolute atomic E-state index is 0.247. The number of carbonyl (C=O) groups is 2. The number of fused-ring (bicyclic) bond motifs is 1. The molecule has 1 aliphatic rings. The van der Waals surface area contributed by atoms with E-state index < -0.39 is 5.97 Å². The molecule has 8 nitrogen and oxygen atoms in total. The number of hydrogen-bond acceptors (Lipinski definition) is 7. The summed E-state index contributed by atoms with van der Waals surface area (Å²) in [6, 6.07) is 8.76. The Hall–Kier alpha value is -2.94. The van der Waals surface area contributed by atoms with Crippen LogP contribution in [0.5, 0.6) is 23.0 Å². The highest BCUT2D eigenvalue weighted by atomic mass is 79.9. The van der Waals surface area contributed by atoms with Crippen molar-refractivity contribution >= 4 is 27.8 Å². The molecule has 3 rings (SSSR count). The molecule has 0 spiro atoms. The van der Waals surface area contributed by atoms with Gasteiger partial charge in [0, 0.05) is 6.54 Å². The van der Waals surface area contributed by atoms with Gasteiger partial charge in [-0.25, -0.2) is 4.79 Å². The number of esters is 1. The minimum atomic E-state index is -0.635. The van der Waals surface area contributed by atoms with Gasteiger partial charge in [0.1, 0.15) is 13.2 Å². The van der Waals surface area contributed by atoms with Gasteiger partial charge in [-0.15, -0.1) is 0 Å². The predicted octanol–water partition coefficient (Wildman–Crippen LogP) is 3.14. The second-order valence-electron chi connectivity index (χ2n) is 6.58. The smallest absolute Gasteiger partial charge is 0.338 e. The topological polar surface area (TPSA) is 92.3 Å². The molecule has 0 aromatic heterocycles. The Labute approximate surface area is 188 Å². The van der Waals surface area contributed by atoms with Gasteiger partial charge in [0.05, 0.1) is 23.8 Å². The summed E-state index contributed by atoms with van der Waals surface area (Å²) in [6.45, 7) is 3.38. The quantitative estimate of drug-likeness (QED) is 0.536. The van der Waals surface area contributed by atoms with Crippen LogP contribution in [0.15, 0.2) is 34.8 Å². The van der Waals surface area contributed by atoms with Crippen molar-refractivity contribution in [3.63, 3.8) is 0 Å². The first-order valence-corrected chi connectivity index (χ1v) is 10.6. The first kappa shape index (κ1) is 22.7. The maximum Gasteiger partial charge on any atom is 0.338 e. The van der Waals surface area contributed by atoms with E-state index >= 15 is 0 Å². The van der Waals surface area contributed by atoms with E-state index in [0.717, 1.165) is 11.3 Å². The molecule has 0 fully saturated rings. The molecule has 166 valence electrons. The summed E-state index contributed by atoms with van der Waals surface area (Å²) in [4.78, 5) is 24.4. The Morgan fingerprint density at radius 3 is 2.65 bits per heavy atom. The molecule has 0 bridgehead atoms. The summed E-state index contributed by atoms with van der Waals surface area (Å²) in [6.07, 6.45) is 0.610.